The molecule has 2 aromatic carbocycles. The second-order valence-electron chi connectivity index (χ2n) is 4.02. The van der Waals surface area contributed by atoms with Crippen LogP contribution in [-0.4, -0.2) is 16.0 Å². The van der Waals surface area contributed by atoms with E-state index in [1.54, 1.807) is 0 Å². The molecule has 108 valence electrons. The molecule has 0 amide bonds. The number of hydrogen-bond donors (Lipinski definition) is 2. The average molecular weight is 294 g/mol. The molecule has 6 nitrogen and oxygen atoms in total. The van der Waals surface area contributed by atoms with Crippen LogP contribution in [0.3, 0.4) is 0 Å². The summed E-state index contributed by atoms with van der Waals surface area (Å²) in [5, 5.41) is 21.8. The van der Waals surface area contributed by atoms with Gasteiger partial charge < -0.3 is 10.4 Å². The molecule has 2 N–H and O–H groups in total. The van der Waals surface area contributed by atoms with E-state index in [-0.39, 0.29) is 11.3 Å². The van der Waals surface area contributed by atoms with Crippen molar-refractivity contribution in [2.24, 2.45) is 0 Å². The van der Waals surface area contributed by atoms with Gasteiger partial charge in [0.2, 0.25) is 0 Å². The first-order valence-electron chi connectivity index (χ1n) is 5.63. The summed E-state index contributed by atoms with van der Waals surface area (Å²) in [5.41, 5.74) is -1.62. The van der Waals surface area contributed by atoms with E-state index in [0.717, 1.165) is 36.4 Å². The largest absolute Gasteiger partial charge is 0.478 e. The number of hydrogen-bond acceptors (Lipinski definition) is 4. The Morgan fingerprint density at radius 1 is 1.19 bits per heavy atom. The van der Waals surface area contributed by atoms with Gasteiger partial charge in [0, 0.05) is 6.07 Å². The highest BCUT2D eigenvalue weighted by Gasteiger charge is 2.19. The van der Waals surface area contributed by atoms with Crippen LogP contribution in [0.2, 0.25) is 0 Å². The summed E-state index contributed by atoms with van der Waals surface area (Å²) < 4.78 is 27.4. The summed E-state index contributed by atoms with van der Waals surface area (Å²) in [6.45, 7) is 0. The van der Waals surface area contributed by atoms with Crippen LogP contribution in [0.15, 0.2) is 36.4 Å². The van der Waals surface area contributed by atoms with Gasteiger partial charge in [-0.1, -0.05) is 6.07 Å². The molecule has 0 saturated carbocycles. The van der Waals surface area contributed by atoms with Crippen molar-refractivity contribution in [3.63, 3.8) is 0 Å². The number of nitro groups is 1. The zero-order valence-electron chi connectivity index (χ0n) is 10.3. The fourth-order valence-electron chi connectivity index (χ4n) is 1.67. The van der Waals surface area contributed by atoms with Crippen molar-refractivity contribution in [2.45, 2.75) is 0 Å². The number of halogens is 2. The molecule has 0 spiro atoms. The summed E-state index contributed by atoms with van der Waals surface area (Å²) >= 11 is 0. The van der Waals surface area contributed by atoms with Gasteiger partial charge in [-0.3, -0.25) is 10.1 Å². The molecule has 0 aromatic heterocycles. The second kappa shape index (κ2) is 5.53. The minimum atomic E-state index is -1.32. The molecule has 8 heteroatoms. The third-order valence-corrected chi connectivity index (χ3v) is 2.66. The number of rotatable bonds is 4. The van der Waals surface area contributed by atoms with Crippen molar-refractivity contribution < 1.29 is 23.6 Å². The number of nitro benzene ring substituents is 1. The molecule has 0 atom stereocenters. The van der Waals surface area contributed by atoms with Gasteiger partial charge in [0.1, 0.15) is 5.82 Å². The van der Waals surface area contributed by atoms with E-state index in [4.69, 9.17) is 5.11 Å². The Hall–Kier alpha value is -3.03. The maximum absolute atomic E-state index is 13.7. The third-order valence-electron chi connectivity index (χ3n) is 2.66. The van der Waals surface area contributed by atoms with Crippen LogP contribution in [0.5, 0.6) is 0 Å². The van der Waals surface area contributed by atoms with Crippen molar-refractivity contribution >= 4 is 23.0 Å². The number of nitrogens with zero attached hydrogens (tertiary/aromatic N) is 1. The highest BCUT2D eigenvalue weighted by molar-refractivity contribution is 5.88. The van der Waals surface area contributed by atoms with Crippen LogP contribution in [0.4, 0.5) is 25.8 Å². The van der Waals surface area contributed by atoms with Gasteiger partial charge in [-0.05, 0) is 24.3 Å². The fourth-order valence-corrected chi connectivity index (χ4v) is 1.67. The van der Waals surface area contributed by atoms with Crippen LogP contribution in [0.1, 0.15) is 10.4 Å². The molecule has 0 aliphatic carbocycles. The zero-order chi connectivity index (χ0) is 15.6. The summed E-state index contributed by atoms with van der Waals surface area (Å²) in [4.78, 5) is 20.7. The molecule has 0 bridgehead atoms. The Morgan fingerprint density at radius 3 is 2.48 bits per heavy atom. The number of carbonyl (C=O) groups is 1. The Balaban J connectivity index is 2.44. The SMILES string of the molecule is O=C(O)c1ccc(Nc2c(F)cccc2[N+](=O)[O-])c(F)c1. The van der Waals surface area contributed by atoms with Gasteiger partial charge in [-0.25, -0.2) is 13.6 Å². The van der Waals surface area contributed by atoms with Crippen molar-refractivity contribution in [2.75, 3.05) is 5.32 Å². The Bertz CT molecular complexity index is 734. The number of para-hydroxylation sites is 1. The number of nitrogens with one attached hydrogen (secondary N) is 1. The lowest BCUT2D eigenvalue weighted by atomic mass is 10.2. The number of carboxylic acid groups (broad SMARTS) is 1. The van der Waals surface area contributed by atoms with Crippen LogP contribution in [0.25, 0.3) is 0 Å². The lowest BCUT2D eigenvalue weighted by Gasteiger charge is -2.09. The van der Waals surface area contributed by atoms with E-state index in [2.05, 4.69) is 5.32 Å². The van der Waals surface area contributed by atoms with Gasteiger partial charge in [-0.2, -0.15) is 0 Å². The highest BCUT2D eigenvalue weighted by Crippen LogP contribution is 2.31. The summed E-state index contributed by atoms with van der Waals surface area (Å²) in [6, 6.07) is 6.10. The first-order chi connectivity index (χ1) is 9.90. The zero-order valence-corrected chi connectivity index (χ0v) is 10.3. The van der Waals surface area contributed by atoms with Crippen LogP contribution in [0, 0.1) is 21.7 Å². The predicted molar refractivity (Wildman–Crippen MR) is 69.7 cm³/mol. The van der Waals surface area contributed by atoms with Gasteiger partial charge in [0.25, 0.3) is 5.69 Å². The molecule has 21 heavy (non-hydrogen) atoms. The summed E-state index contributed by atoms with van der Waals surface area (Å²) in [5.74, 6) is -3.21. The fraction of sp³-hybridized carbons (Fsp3) is 0. The third kappa shape index (κ3) is 2.94. The van der Waals surface area contributed by atoms with Crippen LogP contribution >= 0.6 is 0 Å². The standard InChI is InChI=1S/C13H8F2N2O4/c14-8-2-1-3-11(17(20)21)12(8)16-10-5-4-7(13(18)19)6-9(10)15/h1-6,16H,(H,18,19). The lowest BCUT2D eigenvalue weighted by Crippen LogP contribution is -2.03. The molecule has 0 aliphatic heterocycles. The van der Waals surface area contributed by atoms with E-state index in [0.29, 0.717) is 0 Å². The van der Waals surface area contributed by atoms with Crippen molar-refractivity contribution in [3.8, 4) is 0 Å². The van der Waals surface area contributed by atoms with Crippen LogP contribution in [-0.2, 0) is 0 Å². The summed E-state index contributed by atoms with van der Waals surface area (Å²) in [6.07, 6.45) is 0. The molecule has 2 aromatic rings. The van der Waals surface area contributed by atoms with E-state index < -0.39 is 33.9 Å². The van der Waals surface area contributed by atoms with Crippen molar-refractivity contribution in [1.82, 2.24) is 0 Å². The molecule has 0 saturated heterocycles. The number of anilines is 2. The van der Waals surface area contributed by atoms with Crippen molar-refractivity contribution in [1.29, 1.82) is 0 Å². The van der Waals surface area contributed by atoms with Gasteiger partial charge in [0.05, 0.1) is 16.2 Å². The molecular weight excluding hydrogens is 286 g/mol. The lowest BCUT2D eigenvalue weighted by molar-refractivity contribution is -0.384. The molecule has 0 fully saturated rings. The minimum Gasteiger partial charge on any atom is -0.478 e. The second-order valence-corrected chi connectivity index (χ2v) is 4.02. The first kappa shape index (κ1) is 14.4. The average Bonchev–Trinajstić information content (AvgIpc) is 2.42. The molecule has 0 unspecified atom stereocenters. The molecule has 0 aliphatic rings. The first-order valence-corrected chi connectivity index (χ1v) is 5.63. The van der Waals surface area contributed by atoms with Gasteiger partial charge in [0.15, 0.2) is 11.5 Å². The number of benzene rings is 2. The van der Waals surface area contributed by atoms with E-state index in [9.17, 15) is 23.7 Å². The maximum Gasteiger partial charge on any atom is 0.335 e. The highest BCUT2D eigenvalue weighted by atomic mass is 19.1. The number of carboxylic acids is 1. The van der Waals surface area contributed by atoms with E-state index >= 15 is 0 Å². The van der Waals surface area contributed by atoms with Crippen LogP contribution < -0.4 is 5.32 Å². The molecule has 2 rings (SSSR count). The van der Waals surface area contributed by atoms with Gasteiger partial charge in [-0.15, -0.1) is 0 Å². The monoisotopic (exact) mass is 294 g/mol. The van der Waals surface area contributed by atoms with Crippen molar-refractivity contribution in [3.05, 3.63) is 63.7 Å². The topological polar surface area (TPSA) is 92.5 Å². The van der Waals surface area contributed by atoms with E-state index in [1.807, 2.05) is 0 Å². The molecule has 0 heterocycles. The Labute approximate surface area is 116 Å². The number of aromatic carboxylic acids is 1. The quantitative estimate of drug-likeness (QED) is 0.666. The Morgan fingerprint density at radius 2 is 1.90 bits per heavy atom. The normalized spacial score (nSPS) is 10.2. The molecular formula is C13H8F2N2O4. The maximum atomic E-state index is 13.7. The summed E-state index contributed by atoms with van der Waals surface area (Å²) in [7, 11) is 0. The van der Waals surface area contributed by atoms with Gasteiger partial charge >= 0.3 is 5.97 Å². The minimum absolute atomic E-state index is 0.270. The Kier molecular flexibility index (Phi) is 3.79. The smallest absolute Gasteiger partial charge is 0.335 e. The van der Waals surface area contributed by atoms with E-state index in [1.165, 1.54) is 0 Å². The molecule has 0 radical (unpaired) electrons. The predicted octanol–water partition coefficient (Wildman–Crippen LogP) is 3.31.